The van der Waals surface area contributed by atoms with Gasteiger partial charge in [-0.05, 0) is 17.8 Å². The SMILES string of the molecule is CCC(C)CC(=O)NCC(C)(C)CCO. The van der Waals surface area contributed by atoms with Crippen molar-refractivity contribution in [3.05, 3.63) is 0 Å². The standard InChI is InChI=1S/C12H25NO2/c1-5-10(2)8-11(15)13-9-12(3,4)6-7-14/h10,14H,5-9H2,1-4H3,(H,13,15). The smallest absolute Gasteiger partial charge is 0.220 e. The number of aliphatic hydroxyl groups excluding tert-OH is 1. The highest BCUT2D eigenvalue weighted by Gasteiger charge is 2.18. The Labute approximate surface area is 93.3 Å². The highest BCUT2D eigenvalue weighted by Crippen LogP contribution is 2.18. The molecule has 0 radical (unpaired) electrons. The Morgan fingerprint density at radius 3 is 2.53 bits per heavy atom. The number of aliphatic hydroxyl groups is 1. The normalized spacial score (nSPS) is 13.7. The lowest BCUT2D eigenvalue weighted by Gasteiger charge is -2.24. The molecule has 0 rings (SSSR count). The van der Waals surface area contributed by atoms with Crippen LogP contribution in [0.4, 0.5) is 0 Å². The number of hydrogen-bond donors (Lipinski definition) is 2. The number of amides is 1. The van der Waals surface area contributed by atoms with Gasteiger partial charge in [-0.2, -0.15) is 0 Å². The molecule has 0 aromatic carbocycles. The van der Waals surface area contributed by atoms with E-state index in [9.17, 15) is 4.79 Å². The summed E-state index contributed by atoms with van der Waals surface area (Å²) in [4.78, 5) is 11.5. The largest absolute Gasteiger partial charge is 0.396 e. The molecule has 0 aliphatic heterocycles. The second-order valence-electron chi connectivity index (χ2n) is 5.13. The highest BCUT2D eigenvalue weighted by atomic mass is 16.3. The molecule has 0 aliphatic carbocycles. The van der Waals surface area contributed by atoms with Gasteiger partial charge in [-0.1, -0.05) is 34.1 Å². The van der Waals surface area contributed by atoms with Crippen molar-refractivity contribution in [3.8, 4) is 0 Å². The van der Waals surface area contributed by atoms with Gasteiger partial charge < -0.3 is 10.4 Å². The Balaban J connectivity index is 3.79. The van der Waals surface area contributed by atoms with Crippen LogP contribution in [0.3, 0.4) is 0 Å². The van der Waals surface area contributed by atoms with Gasteiger partial charge in [0, 0.05) is 19.6 Å². The van der Waals surface area contributed by atoms with E-state index in [1.54, 1.807) is 0 Å². The summed E-state index contributed by atoms with van der Waals surface area (Å²) in [7, 11) is 0. The molecule has 2 N–H and O–H groups in total. The maximum absolute atomic E-state index is 11.5. The van der Waals surface area contributed by atoms with Crippen LogP contribution < -0.4 is 5.32 Å². The molecule has 15 heavy (non-hydrogen) atoms. The molecule has 0 heterocycles. The topological polar surface area (TPSA) is 49.3 Å². The molecule has 0 bridgehead atoms. The average Bonchev–Trinajstić information content (AvgIpc) is 2.15. The van der Waals surface area contributed by atoms with E-state index in [1.807, 2.05) is 13.8 Å². The molecule has 0 spiro atoms. The molecule has 0 saturated heterocycles. The third-order valence-corrected chi connectivity index (χ3v) is 2.78. The van der Waals surface area contributed by atoms with E-state index in [-0.39, 0.29) is 17.9 Å². The molecule has 0 aromatic rings. The van der Waals surface area contributed by atoms with Crippen molar-refractivity contribution in [2.75, 3.05) is 13.2 Å². The van der Waals surface area contributed by atoms with E-state index < -0.39 is 0 Å². The van der Waals surface area contributed by atoms with Crippen LogP contribution in [0.25, 0.3) is 0 Å². The van der Waals surface area contributed by atoms with Crippen LogP contribution >= 0.6 is 0 Å². The number of carbonyl (C=O) groups is 1. The van der Waals surface area contributed by atoms with Gasteiger partial charge in [-0.15, -0.1) is 0 Å². The van der Waals surface area contributed by atoms with Crippen molar-refractivity contribution in [1.82, 2.24) is 5.32 Å². The fourth-order valence-electron chi connectivity index (χ4n) is 1.26. The molecule has 0 aromatic heterocycles. The summed E-state index contributed by atoms with van der Waals surface area (Å²) in [6.45, 7) is 9.09. The Kier molecular flexibility index (Phi) is 6.57. The van der Waals surface area contributed by atoms with Gasteiger partial charge in [-0.3, -0.25) is 4.79 Å². The van der Waals surface area contributed by atoms with Crippen molar-refractivity contribution >= 4 is 5.91 Å². The molecule has 3 nitrogen and oxygen atoms in total. The summed E-state index contributed by atoms with van der Waals surface area (Å²) in [5, 5.41) is 11.8. The highest BCUT2D eigenvalue weighted by molar-refractivity contribution is 5.76. The summed E-state index contributed by atoms with van der Waals surface area (Å²) < 4.78 is 0. The number of rotatable bonds is 7. The van der Waals surface area contributed by atoms with Gasteiger partial charge in [-0.25, -0.2) is 0 Å². The Morgan fingerprint density at radius 1 is 1.47 bits per heavy atom. The maximum atomic E-state index is 11.5. The van der Waals surface area contributed by atoms with Gasteiger partial charge in [0.05, 0.1) is 0 Å². The number of nitrogens with one attached hydrogen (secondary N) is 1. The Bertz CT molecular complexity index is 190. The predicted octanol–water partition coefficient (Wildman–Crippen LogP) is 1.95. The van der Waals surface area contributed by atoms with Crippen molar-refractivity contribution < 1.29 is 9.90 Å². The Hall–Kier alpha value is -0.570. The minimum absolute atomic E-state index is 0.0140. The monoisotopic (exact) mass is 215 g/mol. The van der Waals surface area contributed by atoms with E-state index in [1.165, 1.54) is 0 Å². The molecule has 0 aliphatic rings. The van der Waals surface area contributed by atoms with Gasteiger partial charge >= 0.3 is 0 Å². The number of hydrogen-bond acceptors (Lipinski definition) is 2. The molecule has 0 fully saturated rings. The maximum Gasteiger partial charge on any atom is 0.220 e. The molecular formula is C12H25NO2. The van der Waals surface area contributed by atoms with Gasteiger partial charge in [0.15, 0.2) is 0 Å². The molecular weight excluding hydrogens is 190 g/mol. The van der Waals surface area contributed by atoms with Crippen LogP contribution in [-0.2, 0) is 4.79 Å². The first-order chi connectivity index (χ1) is 6.91. The third kappa shape index (κ3) is 7.37. The second kappa shape index (κ2) is 6.83. The van der Waals surface area contributed by atoms with E-state index in [0.717, 1.165) is 12.8 Å². The first-order valence-corrected chi connectivity index (χ1v) is 5.79. The quantitative estimate of drug-likeness (QED) is 0.682. The zero-order valence-electron chi connectivity index (χ0n) is 10.5. The zero-order valence-corrected chi connectivity index (χ0v) is 10.5. The minimum atomic E-state index is -0.0140. The lowest BCUT2D eigenvalue weighted by Crippen LogP contribution is -2.35. The lowest BCUT2D eigenvalue weighted by atomic mass is 9.89. The van der Waals surface area contributed by atoms with Crippen LogP contribution in [0.15, 0.2) is 0 Å². The first-order valence-electron chi connectivity index (χ1n) is 5.79. The average molecular weight is 215 g/mol. The van der Waals surface area contributed by atoms with E-state index in [4.69, 9.17) is 5.11 Å². The molecule has 90 valence electrons. The first kappa shape index (κ1) is 14.4. The zero-order chi connectivity index (χ0) is 11.9. The Morgan fingerprint density at radius 2 is 2.07 bits per heavy atom. The summed E-state index contributed by atoms with van der Waals surface area (Å²) in [5.74, 6) is 0.571. The third-order valence-electron chi connectivity index (χ3n) is 2.78. The molecule has 1 atom stereocenters. The second-order valence-corrected chi connectivity index (χ2v) is 5.13. The summed E-state index contributed by atoms with van der Waals surface area (Å²) >= 11 is 0. The van der Waals surface area contributed by atoms with Crippen molar-refractivity contribution in [1.29, 1.82) is 0 Å². The van der Waals surface area contributed by atoms with Crippen LogP contribution in [0, 0.1) is 11.3 Å². The fourth-order valence-corrected chi connectivity index (χ4v) is 1.26. The van der Waals surface area contributed by atoms with Gasteiger partial charge in [0.25, 0.3) is 0 Å². The van der Waals surface area contributed by atoms with E-state index in [0.29, 0.717) is 18.9 Å². The summed E-state index contributed by atoms with van der Waals surface area (Å²) in [6.07, 6.45) is 2.36. The van der Waals surface area contributed by atoms with Crippen LogP contribution in [-0.4, -0.2) is 24.2 Å². The predicted molar refractivity (Wildman–Crippen MR) is 62.6 cm³/mol. The fraction of sp³-hybridized carbons (Fsp3) is 0.917. The summed E-state index contributed by atoms with van der Waals surface area (Å²) in [6, 6.07) is 0. The van der Waals surface area contributed by atoms with Crippen LogP contribution in [0.2, 0.25) is 0 Å². The minimum Gasteiger partial charge on any atom is -0.396 e. The molecule has 0 saturated carbocycles. The van der Waals surface area contributed by atoms with Crippen LogP contribution in [0.1, 0.15) is 47.0 Å². The summed E-state index contributed by atoms with van der Waals surface area (Å²) in [5.41, 5.74) is -0.0140. The molecule has 1 amide bonds. The van der Waals surface area contributed by atoms with Crippen LogP contribution in [0.5, 0.6) is 0 Å². The lowest BCUT2D eigenvalue weighted by molar-refractivity contribution is -0.122. The van der Waals surface area contributed by atoms with Gasteiger partial charge in [0.1, 0.15) is 0 Å². The molecule has 3 heteroatoms. The van der Waals surface area contributed by atoms with Crippen molar-refractivity contribution in [3.63, 3.8) is 0 Å². The van der Waals surface area contributed by atoms with E-state index in [2.05, 4.69) is 19.2 Å². The van der Waals surface area contributed by atoms with E-state index >= 15 is 0 Å². The van der Waals surface area contributed by atoms with Crippen molar-refractivity contribution in [2.24, 2.45) is 11.3 Å². The van der Waals surface area contributed by atoms with Crippen molar-refractivity contribution in [2.45, 2.75) is 47.0 Å². The van der Waals surface area contributed by atoms with Gasteiger partial charge in [0.2, 0.25) is 5.91 Å². The number of carbonyl (C=O) groups excluding carboxylic acids is 1. The molecule has 1 unspecified atom stereocenters.